The monoisotopic (exact) mass is 613 g/mol. The van der Waals surface area contributed by atoms with Crippen molar-refractivity contribution < 1.29 is 46.4 Å². The zero-order chi connectivity index (χ0) is 30.7. The Bertz CT molecular complexity index is 1500. The van der Waals surface area contributed by atoms with Crippen LogP contribution < -0.4 is 4.74 Å². The number of hydrogen-bond donors (Lipinski definition) is 0. The van der Waals surface area contributed by atoms with Crippen LogP contribution in [0.4, 0.5) is 0 Å². The van der Waals surface area contributed by atoms with Crippen molar-refractivity contribution in [2.45, 2.75) is 95.2 Å². The molecule has 6 saturated carbocycles. The lowest BCUT2D eigenvalue weighted by Crippen LogP contribution is -2.56. The molecular formula is C32H37O10S-. The molecule has 7 aliphatic rings. The Hall–Kier alpha value is -2.79. The summed E-state index contributed by atoms with van der Waals surface area (Å²) < 4.78 is 54.3. The summed E-state index contributed by atoms with van der Waals surface area (Å²) in [5, 5.41) is 0. The SMILES string of the molecule is CC(C)c1cc(OC(=O)C2C3CC4C(OC(=O)C42)C3OC(=O)C23CC4CC(C2)C(=O)C(C4)C3)cc(C(C)C)c1S(=O)(=O)[O-]. The van der Waals surface area contributed by atoms with Gasteiger partial charge in [0.15, 0.2) is 0 Å². The van der Waals surface area contributed by atoms with Gasteiger partial charge in [0.1, 0.15) is 33.9 Å². The molecular weight excluding hydrogens is 576 g/mol. The number of Topliss-reactive ketones (excluding diaryl/α,β-unsaturated/α-hetero) is 1. The number of hydrogen-bond acceptors (Lipinski definition) is 10. The van der Waals surface area contributed by atoms with Gasteiger partial charge in [-0.3, -0.25) is 19.2 Å². The smallest absolute Gasteiger partial charge is 0.315 e. The molecule has 7 fully saturated rings. The van der Waals surface area contributed by atoms with Crippen molar-refractivity contribution in [1.29, 1.82) is 0 Å². The lowest BCUT2D eigenvalue weighted by molar-refractivity contribution is -0.188. The van der Waals surface area contributed by atoms with Crippen molar-refractivity contribution in [2.75, 3.05) is 0 Å². The van der Waals surface area contributed by atoms with Crippen LogP contribution in [0.25, 0.3) is 0 Å². The first-order valence-electron chi connectivity index (χ1n) is 15.5. The maximum Gasteiger partial charge on any atom is 0.315 e. The number of benzene rings is 1. The van der Waals surface area contributed by atoms with Gasteiger partial charge in [-0.05, 0) is 79.5 Å². The summed E-state index contributed by atoms with van der Waals surface area (Å²) in [6.07, 6.45) is 2.50. The van der Waals surface area contributed by atoms with E-state index in [9.17, 15) is 32.1 Å². The van der Waals surface area contributed by atoms with Gasteiger partial charge in [-0.1, -0.05) is 27.7 Å². The van der Waals surface area contributed by atoms with E-state index < -0.39 is 57.4 Å². The Balaban J connectivity index is 1.15. The number of ketones is 1. The van der Waals surface area contributed by atoms with Gasteiger partial charge >= 0.3 is 17.9 Å². The first-order valence-corrected chi connectivity index (χ1v) is 16.9. The normalized spacial score (nSPS) is 38.7. The van der Waals surface area contributed by atoms with E-state index in [0.29, 0.717) is 31.6 Å². The molecule has 0 amide bonds. The quantitative estimate of drug-likeness (QED) is 0.252. The van der Waals surface area contributed by atoms with E-state index in [0.717, 1.165) is 12.8 Å². The molecule has 1 heterocycles. The van der Waals surface area contributed by atoms with Crippen molar-refractivity contribution in [2.24, 2.45) is 46.8 Å². The highest BCUT2D eigenvalue weighted by Gasteiger charge is 2.71. The van der Waals surface area contributed by atoms with Crippen LogP contribution in [0.3, 0.4) is 0 Å². The zero-order valence-corrected chi connectivity index (χ0v) is 25.6. The average Bonchev–Trinajstić information content (AvgIpc) is 3.54. The van der Waals surface area contributed by atoms with E-state index in [1.807, 2.05) is 0 Å². The molecule has 43 heavy (non-hydrogen) atoms. The maximum atomic E-state index is 13.8. The van der Waals surface area contributed by atoms with Gasteiger partial charge in [-0.2, -0.15) is 0 Å². The molecule has 0 radical (unpaired) electrons. The van der Waals surface area contributed by atoms with Gasteiger partial charge in [0.2, 0.25) is 0 Å². The molecule has 1 saturated heterocycles. The molecule has 0 spiro atoms. The van der Waals surface area contributed by atoms with Crippen LogP contribution in [-0.2, 0) is 38.8 Å². The summed E-state index contributed by atoms with van der Waals surface area (Å²) >= 11 is 0. The van der Waals surface area contributed by atoms with Gasteiger partial charge in [0.25, 0.3) is 0 Å². The van der Waals surface area contributed by atoms with Crippen molar-refractivity contribution >= 4 is 33.8 Å². The van der Waals surface area contributed by atoms with E-state index in [1.165, 1.54) is 12.1 Å². The highest BCUT2D eigenvalue weighted by Crippen LogP contribution is 2.62. The fraction of sp³-hybridized carbons (Fsp3) is 0.688. The standard InChI is InChI=1S/C32H38O10S/c1-13(2)19-7-18(8-20(14(3)4)28(19)43(37,38)39)40-29(34)23-22-9-21-24(23)30(35)41-26(21)27(22)42-31(36)32-10-15-5-16(11-32)25(33)17(6-15)12-32/h7-8,13-17,21-24,26-27H,5-6,9-12H2,1-4H3,(H,37,38,39)/p-1. The van der Waals surface area contributed by atoms with Gasteiger partial charge in [-0.15, -0.1) is 0 Å². The van der Waals surface area contributed by atoms with E-state index in [4.69, 9.17) is 14.2 Å². The summed E-state index contributed by atoms with van der Waals surface area (Å²) in [6.45, 7) is 7.01. The number of ether oxygens (including phenoxy) is 3. The lowest BCUT2D eigenvalue weighted by atomic mass is 9.49. The van der Waals surface area contributed by atoms with Crippen LogP contribution in [0.1, 0.15) is 89.2 Å². The van der Waals surface area contributed by atoms with Crippen LogP contribution in [0.15, 0.2) is 17.0 Å². The Labute approximate surface area is 251 Å². The van der Waals surface area contributed by atoms with E-state index in [2.05, 4.69) is 0 Å². The lowest BCUT2D eigenvalue weighted by Gasteiger charge is -2.54. The summed E-state index contributed by atoms with van der Waals surface area (Å²) in [5.41, 5.74) is -0.176. The Morgan fingerprint density at radius 1 is 0.953 bits per heavy atom. The first-order chi connectivity index (χ1) is 20.2. The van der Waals surface area contributed by atoms with E-state index in [1.54, 1.807) is 27.7 Å². The van der Waals surface area contributed by atoms with Crippen LogP contribution in [-0.4, -0.2) is 48.9 Å². The zero-order valence-electron chi connectivity index (χ0n) is 24.7. The highest BCUT2D eigenvalue weighted by molar-refractivity contribution is 7.85. The summed E-state index contributed by atoms with van der Waals surface area (Å²) in [7, 11) is -4.79. The summed E-state index contributed by atoms with van der Waals surface area (Å²) in [6, 6.07) is 2.82. The predicted molar refractivity (Wildman–Crippen MR) is 148 cm³/mol. The largest absolute Gasteiger partial charge is 0.744 e. The van der Waals surface area contributed by atoms with E-state index >= 15 is 0 Å². The summed E-state index contributed by atoms with van der Waals surface area (Å²) in [5.74, 6) is -3.99. The highest BCUT2D eigenvalue weighted by atomic mass is 32.2. The molecule has 6 aliphatic carbocycles. The van der Waals surface area contributed by atoms with Crippen LogP contribution in [0.5, 0.6) is 5.75 Å². The molecule has 0 aromatic heterocycles. The summed E-state index contributed by atoms with van der Waals surface area (Å²) in [4.78, 5) is 53.0. The second-order valence-electron chi connectivity index (χ2n) is 14.5. The number of esters is 3. The topological polar surface area (TPSA) is 153 Å². The van der Waals surface area contributed by atoms with E-state index in [-0.39, 0.29) is 63.1 Å². The molecule has 0 N–H and O–H groups in total. The second-order valence-corrected chi connectivity index (χ2v) is 15.8. The first kappa shape index (κ1) is 29.0. The third kappa shape index (κ3) is 4.31. The number of fused-ring (bicyclic) bond motifs is 1. The fourth-order valence-electron chi connectivity index (χ4n) is 9.75. The van der Waals surface area contributed by atoms with Crippen molar-refractivity contribution in [3.63, 3.8) is 0 Å². The molecule has 6 bridgehead atoms. The van der Waals surface area contributed by atoms with Crippen molar-refractivity contribution in [3.05, 3.63) is 23.3 Å². The van der Waals surface area contributed by atoms with Gasteiger partial charge in [-0.25, -0.2) is 8.42 Å². The Morgan fingerprint density at radius 3 is 2.12 bits per heavy atom. The fourth-order valence-corrected chi connectivity index (χ4v) is 10.9. The third-order valence-corrected chi connectivity index (χ3v) is 12.3. The average molecular weight is 614 g/mol. The molecule has 8 unspecified atom stereocenters. The van der Waals surface area contributed by atoms with Gasteiger partial charge in [0, 0.05) is 23.7 Å². The molecule has 1 aliphatic heterocycles. The predicted octanol–water partition coefficient (Wildman–Crippen LogP) is 3.86. The number of rotatable bonds is 7. The van der Waals surface area contributed by atoms with Crippen molar-refractivity contribution in [3.8, 4) is 5.75 Å². The maximum absolute atomic E-state index is 13.8. The minimum absolute atomic E-state index is 0.0929. The molecule has 8 rings (SSSR count). The number of carbonyl (C=O) groups excluding carboxylic acids is 4. The van der Waals surface area contributed by atoms with Gasteiger partial charge < -0.3 is 18.8 Å². The molecule has 11 heteroatoms. The minimum Gasteiger partial charge on any atom is -0.744 e. The number of carbonyl (C=O) groups is 4. The van der Waals surface area contributed by atoms with Crippen LogP contribution in [0, 0.1) is 46.8 Å². The van der Waals surface area contributed by atoms with Crippen LogP contribution >= 0.6 is 0 Å². The van der Waals surface area contributed by atoms with Gasteiger partial charge in [0.05, 0.1) is 22.1 Å². The second kappa shape index (κ2) is 9.60. The molecule has 10 nitrogen and oxygen atoms in total. The van der Waals surface area contributed by atoms with Crippen molar-refractivity contribution in [1.82, 2.24) is 0 Å². The minimum atomic E-state index is -4.79. The Morgan fingerprint density at radius 2 is 1.56 bits per heavy atom. The van der Waals surface area contributed by atoms with Crippen LogP contribution in [0.2, 0.25) is 0 Å². The molecule has 1 aromatic rings. The third-order valence-electron chi connectivity index (χ3n) is 11.3. The molecule has 232 valence electrons. The molecule has 1 aromatic carbocycles. The molecule has 8 atom stereocenters. The Kier molecular flexibility index (Phi) is 6.47.